The van der Waals surface area contributed by atoms with Crippen LogP contribution in [0.3, 0.4) is 0 Å². The Balaban J connectivity index is 1.27. The molecule has 0 aliphatic heterocycles. The highest BCUT2D eigenvalue weighted by molar-refractivity contribution is 6.11. The number of esters is 1. The summed E-state index contributed by atoms with van der Waals surface area (Å²) in [5.74, 6) is 0.401. The lowest BCUT2D eigenvalue weighted by Gasteiger charge is -2.16. The van der Waals surface area contributed by atoms with Crippen molar-refractivity contribution in [2.75, 3.05) is 11.9 Å². The number of fused-ring (bicyclic) bond motifs is 2. The number of hydrogen-bond acceptors (Lipinski definition) is 5. The molecule has 3 aromatic rings. The summed E-state index contributed by atoms with van der Waals surface area (Å²) in [6.45, 7) is 2.63. The van der Waals surface area contributed by atoms with E-state index in [1.54, 1.807) is 19.1 Å². The van der Waals surface area contributed by atoms with E-state index in [9.17, 15) is 14.9 Å². The van der Waals surface area contributed by atoms with Crippen molar-refractivity contribution >= 4 is 17.6 Å². The summed E-state index contributed by atoms with van der Waals surface area (Å²) < 4.78 is 11.1. The van der Waals surface area contributed by atoms with Gasteiger partial charge in [0.15, 0.2) is 0 Å². The number of carbonyl (C=O) groups excluding carboxylic acids is 2. The number of nitriles is 1. The number of nitrogens with one attached hydrogen (secondary N) is 1. The lowest BCUT2D eigenvalue weighted by Crippen LogP contribution is -2.19. The molecule has 6 nitrogen and oxygen atoms in total. The number of amides is 1. The van der Waals surface area contributed by atoms with Crippen molar-refractivity contribution in [3.05, 3.63) is 106 Å². The highest BCUT2D eigenvalue weighted by Crippen LogP contribution is 2.56. The molecule has 0 radical (unpaired) electrons. The summed E-state index contributed by atoms with van der Waals surface area (Å²) in [6, 6.07) is 23.6. The molecule has 0 unspecified atom stereocenters. The molecule has 2 aliphatic carbocycles. The van der Waals surface area contributed by atoms with Crippen LogP contribution in [-0.4, -0.2) is 18.5 Å². The lowest BCUT2D eigenvalue weighted by molar-refractivity contribution is -0.143. The minimum atomic E-state index is -0.359. The van der Waals surface area contributed by atoms with Crippen LogP contribution >= 0.6 is 0 Å². The Morgan fingerprint density at radius 3 is 2.71 bits per heavy atom. The molecule has 0 heterocycles. The Morgan fingerprint density at radius 2 is 1.92 bits per heavy atom. The van der Waals surface area contributed by atoms with Crippen LogP contribution in [0.2, 0.25) is 0 Å². The minimum Gasteiger partial charge on any atom is -0.489 e. The Labute approximate surface area is 222 Å². The van der Waals surface area contributed by atoms with Gasteiger partial charge in [0.2, 0.25) is 0 Å². The van der Waals surface area contributed by atoms with Gasteiger partial charge in [0, 0.05) is 23.1 Å². The van der Waals surface area contributed by atoms with Gasteiger partial charge in [0.25, 0.3) is 5.91 Å². The van der Waals surface area contributed by atoms with Crippen LogP contribution in [-0.2, 0) is 39.2 Å². The molecule has 0 saturated heterocycles. The maximum atomic E-state index is 13.4. The molecule has 1 N–H and O–H groups in total. The highest BCUT2D eigenvalue weighted by Gasteiger charge is 2.52. The van der Waals surface area contributed by atoms with E-state index in [1.165, 1.54) is 5.56 Å². The predicted octanol–water partition coefficient (Wildman–Crippen LogP) is 5.79. The fraction of sp³-hybridized carbons (Fsp3) is 0.281. The number of carbonyl (C=O) groups is 2. The summed E-state index contributed by atoms with van der Waals surface area (Å²) >= 11 is 0. The SMILES string of the molecule is CCOC(=O)CCCc1ccc(C#N)cc1NC(=O)C1=C[C@]12CCc1ccc(OCc3ccccc3)cc12. The van der Waals surface area contributed by atoms with Gasteiger partial charge < -0.3 is 14.8 Å². The number of benzene rings is 3. The molecular formula is C32H30N2O4. The minimum absolute atomic E-state index is 0.157. The van der Waals surface area contributed by atoms with Crippen LogP contribution < -0.4 is 10.1 Å². The zero-order chi connectivity index (χ0) is 26.5. The van der Waals surface area contributed by atoms with Crippen molar-refractivity contribution in [3.63, 3.8) is 0 Å². The van der Waals surface area contributed by atoms with E-state index in [0.717, 1.165) is 40.9 Å². The van der Waals surface area contributed by atoms with Crippen LogP contribution in [0, 0.1) is 11.3 Å². The number of nitrogens with zero attached hydrogens (tertiary/aromatic N) is 1. The summed E-state index contributed by atoms with van der Waals surface area (Å²) in [5, 5.41) is 12.4. The van der Waals surface area contributed by atoms with Gasteiger partial charge in [-0.25, -0.2) is 0 Å². The number of rotatable bonds is 10. The smallest absolute Gasteiger partial charge is 0.305 e. The largest absolute Gasteiger partial charge is 0.489 e. The zero-order valence-electron chi connectivity index (χ0n) is 21.5. The van der Waals surface area contributed by atoms with Crippen LogP contribution in [0.5, 0.6) is 5.75 Å². The fourth-order valence-electron chi connectivity index (χ4n) is 5.22. The molecule has 1 amide bonds. The molecule has 5 rings (SSSR count). The molecular weight excluding hydrogens is 476 g/mol. The fourth-order valence-corrected chi connectivity index (χ4v) is 5.22. The molecule has 38 heavy (non-hydrogen) atoms. The lowest BCUT2D eigenvalue weighted by atomic mass is 9.91. The van der Waals surface area contributed by atoms with Crippen molar-refractivity contribution in [1.82, 2.24) is 0 Å². The van der Waals surface area contributed by atoms with Gasteiger partial charge in [-0.05, 0) is 79.1 Å². The Bertz CT molecular complexity index is 1440. The van der Waals surface area contributed by atoms with Crippen molar-refractivity contribution in [1.29, 1.82) is 5.26 Å². The highest BCUT2D eigenvalue weighted by atomic mass is 16.5. The Kier molecular flexibility index (Phi) is 7.28. The zero-order valence-corrected chi connectivity index (χ0v) is 21.5. The van der Waals surface area contributed by atoms with Gasteiger partial charge in [-0.15, -0.1) is 0 Å². The summed E-state index contributed by atoms with van der Waals surface area (Å²) in [7, 11) is 0. The molecule has 6 heteroatoms. The van der Waals surface area contributed by atoms with Crippen molar-refractivity contribution in [3.8, 4) is 11.8 Å². The van der Waals surface area contributed by atoms with E-state index >= 15 is 0 Å². The number of allylic oxidation sites excluding steroid dienone is 1. The summed E-state index contributed by atoms with van der Waals surface area (Å²) in [6.07, 6.45) is 5.31. The van der Waals surface area contributed by atoms with E-state index in [4.69, 9.17) is 9.47 Å². The van der Waals surface area contributed by atoms with Gasteiger partial charge >= 0.3 is 5.97 Å². The van der Waals surface area contributed by atoms with E-state index in [0.29, 0.717) is 43.7 Å². The third kappa shape index (κ3) is 5.33. The maximum Gasteiger partial charge on any atom is 0.305 e. The standard InChI is InChI=1S/C32H30N2O4/c1-2-37-30(35)10-6-9-25-12-11-23(20-33)17-29(25)34-31(36)28-19-32(28)16-15-24-13-14-26(18-27(24)32)38-21-22-7-4-3-5-8-22/h3-5,7-8,11-14,17-19H,2,6,9-10,15-16,21H2,1H3,(H,34,36)/t32-/m0/s1. The first-order valence-electron chi connectivity index (χ1n) is 13.1. The average molecular weight is 507 g/mol. The second-order valence-corrected chi connectivity index (χ2v) is 9.72. The molecule has 0 aromatic heterocycles. The van der Waals surface area contributed by atoms with E-state index in [-0.39, 0.29) is 17.3 Å². The Morgan fingerprint density at radius 1 is 1.08 bits per heavy atom. The second kappa shape index (κ2) is 10.9. The molecule has 0 bridgehead atoms. The number of aryl methyl sites for hydroxylation is 2. The Hall–Kier alpha value is -4.37. The predicted molar refractivity (Wildman–Crippen MR) is 145 cm³/mol. The summed E-state index contributed by atoms with van der Waals surface area (Å²) in [5.41, 5.74) is 5.83. The van der Waals surface area contributed by atoms with Crippen LogP contribution in [0.25, 0.3) is 0 Å². The summed E-state index contributed by atoms with van der Waals surface area (Å²) in [4.78, 5) is 25.1. The van der Waals surface area contributed by atoms with Gasteiger partial charge in [-0.3, -0.25) is 9.59 Å². The molecule has 0 saturated carbocycles. The van der Waals surface area contributed by atoms with E-state index in [2.05, 4.69) is 23.5 Å². The molecule has 2 aliphatic rings. The van der Waals surface area contributed by atoms with Gasteiger partial charge in [-0.1, -0.05) is 48.5 Å². The number of hydrogen-bond donors (Lipinski definition) is 1. The quantitative estimate of drug-likeness (QED) is 0.352. The molecule has 192 valence electrons. The first-order chi connectivity index (χ1) is 18.5. The van der Waals surface area contributed by atoms with Gasteiger partial charge in [0.1, 0.15) is 12.4 Å². The van der Waals surface area contributed by atoms with Gasteiger partial charge in [0.05, 0.1) is 18.2 Å². The third-order valence-corrected chi connectivity index (χ3v) is 7.25. The van der Waals surface area contributed by atoms with Crippen LogP contribution in [0.4, 0.5) is 5.69 Å². The molecule has 0 fully saturated rings. The second-order valence-electron chi connectivity index (χ2n) is 9.72. The topological polar surface area (TPSA) is 88.4 Å². The van der Waals surface area contributed by atoms with E-state index < -0.39 is 0 Å². The van der Waals surface area contributed by atoms with Crippen LogP contribution in [0.15, 0.2) is 78.4 Å². The third-order valence-electron chi connectivity index (χ3n) is 7.25. The van der Waals surface area contributed by atoms with Crippen molar-refractivity contribution in [2.45, 2.75) is 51.0 Å². The van der Waals surface area contributed by atoms with E-state index in [1.807, 2.05) is 48.5 Å². The monoisotopic (exact) mass is 506 g/mol. The normalized spacial score (nSPS) is 16.8. The van der Waals surface area contributed by atoms with Crippen molar-refractivity contribution in [2.24, 2.45) is 0 Å². The first kappa shape index (κ1) is 25.3. The van der Waals surface area contributed by atoms with Crippen molar-refractivity contribution < 1.29 is 19.1 Å². The van der Waals surface area contributed by atoms with Crippen LogP contribution in [0.1, 0.15) is 54.0 Å². The molecule has 1 atom stereocenters. The molecule has 1 spiro atoms. The number of ether oxygens (including phenoxy) is 2. The maximum absolute atomic E-state index is 13.4. The van der Waals surface area contributed by atoms with Gasteiger partial charge in [-0.2, -0.15) is 5.26 Å². The number of anilines is 1. The first-order valence-corrected chi connectivity index (χ1v) is 13.1. The molecule has 3 aromatic carbocycles. The average Bonchev–Trinajstić information content (AvgIpc) is 3.57.